The number of hydrogen-bond acceptors (Lipinski definition) is 3. The van der Waals surface area contributed by atoms with Crippen LogP contribution in [0.15, 0.2) is 24.3 Å². The molecule has 0 bridgehead atoms. The van der Waals surface area contributed by atoms with Gasteiger partial charge in [-0.1, -0.05) is 24.0 Å². The summed E-state index contributed by atoms with van der Waals surface area (Å²) in [4.78, 5) is 16.3. The summed E-state index contributed by atoms with van der Waals surface area (Å²) in [6.45, 7) is 6.22. The molecule has 1 fully saturated rings. The van der Waals surface area contributed by atoms with Crippen LogP contribution in [0.1, 0.15) is 25.0 Å². The molecule has 0 aromatic heterocycles. The average molecular weight is 286 g/mol. The van der Waals surface area contributed by atoms with E-state index in [0.29, 0.717) is 0 Å². The number of piperazine rings is 1. The molecule has 2 rings (SSSR count). The van der Waals surface area contributed by atoms with Crippen LogP contribution in [0.5, 0.6) is 0 Å². The Morgan fingerprint density at radius 1 is 1.24 bits per heavy atom. The fourth-order valence-corrected chi connectivity index (χ4v) is 2.59. The summed E-state index contributed by atoms with van der Waals surface area (Å²) < 4.78 is 0. The number of hydrogen-bond donors (Lipinski definition) is 1. The Balaban J connectivity index is 2.09. The summed E-state index contributed by atoms with van der Waals surface area (Å²) in [6.07, 6.45) is 0. The fourth-order valence-electron chi connectivity index (χ4n) is 2.59. The standard InChI is InChI=1S/C17H22N2O2/c1-17(2)16(21)18(3)10-11-19(17)13-15-8-6-14(7-9-15)5-4-12-20/h6-9,20H,10-13H2,1-3H3. The van der Waals surface area contributed by atoms with Crippen LogP contribution in [0.2, 0.25) is 0 Å². The number of carbonyl (C=O) groups is 1. The molecule has 0 unspecified atom stereocenters. The van der Waals surface area contributed by atoms with Gasteiger partial charge in [0.15, 0.2) is 0 Å². The van der Waals surface area contributed by atoms with Crippen LogP contribution in [-0.4, -0.2) is 53.1 Å². The molecule has 1 aliphatic heterocycles. The molecule has 1 N–H and O–H groups in total. The van der Waals surface area contributed by atoms with Crippen LogP contribution in [0.25, 0.3) is 0 Å². The molecular weight excluding hydrogens is 264 g/mol. The number of aliphatic hydroxyl groups is 1. The van der Waals surface area contributed by atoms with Crippen molar-refractivity contribution in [2.75, 3.05) is 26.7 Å². The first-order valence-electron chi connectivity index (χ1n) is 7.14. The third kappa shape index (κ3) is 3.44. The van der Waals surface area contributed by atoms with Gasteiger partial charge in [0, 0.05) is 32.2 Å². The van der Waals surface area contributed by atoms with Crippen molar-refractivity contribution >= 4 is 5.91 Å². The Labute approximate surface area is 126 Å². The molecule has 4 heteroatoms. The van der Waals surface area contributed by atoms with Crippen LogP contribution >= 0.6 is 0 Å². The van der Waals surface area contributed by atoms with Gasteiger partial charge in [-0.15, -0.1) is 0 Å². The summed E-state index contributed by atoms with van der Waals surface area (Å²) in [5, 5.41) is 8.69. The van der Waals surface area contributed by atoms with Crippen molar-refractivity contribution in [2.45, 2.75) is 25.9 Å². The summed E-state index contributed by atoms with van der Waals surface area (Å²) in [5.74, 6) is 5.68. The van der Waals surface area contributed by atoms with Gasteiger partial charge in [-0.05, 0) is 31.5 Å². The number of aliphatic hydroxyl groups excluding tert-OH is 1. The summed E-state index contributed by atoms with van der Waals surface area (Å²) >= 11 is 0. The van der Waals surface area contributed by atoms with E-state index < -0.39 is 5.54 Å². The van der Waals surface area contributed by atoms with E-state index in [1.807, 2.05) is 45.2 Å². The third-order valence-electron chi connectivity index (χ3n) is 4.01. The van der Waals surface area contributed by atoms with Gasteiger partial charge in [0.25, 0.3) is 0 Å². The SMILES string of the molecule is CN1CCN(Cc2ccc(C#CCO)cc2)C(C)(C)C1=O. The van der Waals surface area contributed by atoms with E-state index in [1.165, 1.54) is 0 Å². The maximum Gasteiger partial charge on any atom is 0.242 e. The lowest BCUT2D eigenvalue weighted by Crippen LogP contribution is -2.61. The zero-order valence-electron chi connectivity index (χ0n) is 12.9. The first-order chi connectivity index (χ1) is 9.95. The summed E-state index contributed by atoms with van der Waals surface area (Å²) in [6, 6.07) is 7.95. The molecule has 4 nitrogen and oxygen atoms in total. The monoisotopic (exact) mass is 286 g/mol. The molecule has 0 saturated carbocycles. The van der Waals surface area contributed by atoms with E-state index in [9.17, 15) is 4.79 Å². The first-order valence-corrected chi connectivity index (χ1v) is 7.14. The molecule has 21 heavy (non-hydrogen) atoms. The van der Waals surface area contributed by atoms with Gasteiger partial charge in [-0.2, -0.15) is 0 Å². The largest absolute Gasteiger partial charge is 0.384 e. The van der Waals surface area contributed by atoms with Gasteiger partial charge in [0.2, 0.25) is 5.91 Å². The Morgan fingerprint density at radius 2 is 1.90 bits per heavy atom. The van der Waals surface area contributed by atoms with Gasteiger partial charge < -0.3 is 10.0 Å². The molecular formula is C17H22N2O2. The van der Waals surface area contributed by atoms with Gasteiger partial charge in [0.05, 0.1) is 5.54 Å². The molecule has 1 saturated heterocycles. The first kappa shape index (κ1) is 15.6. The highest BCUT2D eigenvalue weighted by atomic mass is 16.2. The highest BCUT2D eigenvalue weighted by Crippen LogP contribution is 2.23. The van der Waals surface area contributed by atoms with E-state index in [4.69, 9.17) is 5.11 Å². The Kier molecular flexibility index (Phi) is 4.66. The predicted octanol–water partition coefficient (Wildman–Crippen LogP) is 1.08. The predicted molar refractivity (Wildman–Crippen MR) is 82.5 cm³/mol. The number of likely N-dealkylation sites (N-methyl/N-ethyl adjacent to an activating group) is 1. The maximum atomic E-state index is 12.3. The molecule has 1 amide bonds. The molecule has 0 spiro atoms. The fraction of sp³-hybridized carbons (Fsp3) is 0.471. The van der Waals surface area contributed by atoms with Gasteiger partial charge in [0.1, 0.15) is 6.61 Å². The third-order valence-corrected chi connectivity index (χ3v) is 4.01. The second-order valence-electron chi connectivity index (χ2n) is 5.86. The minimum Gasteiger partial charge on any atom is -0.384 e. The van der Waals surface area contributed by atoms with Crippen LogP contribution in [0.3, 0.4) is 0 Å². The highest BCUT2D eigenvalue weighted by Gasteiger charge is 2.40. The topological polar surface area (TPSA) is 43.8 Å². The molecule has 1 aromatic rings. The molecule has 1 aliphatic rings. The van der Waals surface area contributed by atoms with Gasteiger partial charge >= 0.3 is 0 Å². The highest BCUT2D eigenvalue weighted by molar-refractivity contribution is 5.86. The summed E-state index contributed by atoms with van der Waals surface area (Å²) in [5.41, 5.74) is 1.58. The number of nitrogens with zero attached hydrogens (tertiary/aromatic N) is 2. The summed E-state index contributed by atoms with van der Waals surface area (Å²) in [7, 11) is 1.86. The van der Waals surface area contributed by atoms with Gasteiger partial charge in [-0.25, -0.2) is 0 Å². The normalized spacial score (nSPS) is 18.3. The number of rotatable bonds is 2. The van der Waals surface area contributed by atoms with E-state index in [1.54, 1.807) is 4.90 Å². The number of carbonyl (C=O) groups excluding carboxylic acids is 1. The second-order valence-corrected chi connectivity index (χ2v) is 5.86. The molecule has 0 radical (unpaired) electrons. The van der Waals surface area contributed by atoms with Crippen LogP contribution in [0, 0.1) is 11.8 Å². The van der Waals surface area contributed by atoms with Gasteiger partial charge in [-0.3, -0.25) is 9.69 Å². The number of benzene rings is 1. The molecule has 112 valence electrons. The smallest absolute Gasteiger partial charge is 0.242 e. The van der Waals surface area contributed by atoms with Crippen LogP contribution in [-0.2, 0) is 11.3 Å². The lowest BCUT2D eigenvalue weighted by molar-refractivity contribution is -0.147. The lowest BCUT2D eigenvalue weighted by Gasteiger charge is -2.44. The van der Waals surface area contributed by atoms with Crippen molar-refractivity contribution in [2.24, 2.45) is 0 Å². The minimum absolute atomic E-state index is 0.126. The Bertz CT molecular complexity index is 567. The van der Waals surface area contributed by atoms with E-state index in [0.717, 1.165) is 30.8 Å². The second kappa shape index (κ2) is 6.30. The van der Waals surface area contributed by atoms with Crippen molar-refractivity contribution in [1.29, 1.82) is 0 Å². The van der Waals surface area contributed by atoms with E-state index in [-0.39, 0.29) is 12.5 Å². The zero-order chi connectivity index (χ0) is 15.5. The van der Waals surface area contributed by atoms with E-state index in [2.05, 4.69) is 16.7 Å². The molecule has 1 aromatic carbocycles. The van der Waals surface area contributed by atoms with Crippen molar-refractivity contribution in [3.63, 3.8) is 0 Å². The average Bonchev–Trinajstić information content (AvgIpc) is 2.47. The van der Waals surface area contributed by atoms with Crippen molar-refractivity contribution < 1.29 is 9.90 Å². The maximum absolute atomic E-state index is 12.3. The van der Waals surface area contributed by atoms with E-state index >= 15 is 0 Å². The van der Waals surface area contributed by atoms with Crippen molar-refractivity contribution in [1.82, 2.24) is 9.80 Å². The minimum atomic E-state index is -0.470. The Hall–Kier alpha value is -1.83. The van der Waals surface area contributed by atoms with Crippen molar-refractivity contribution in [3.8, 4) is 11.8 Å². The lowest BCUT2D eigenvalue weighted by atomic mass is 9.97. The Morgan fingerprint density at radius 3 is 2.52 bits per heavy atom. The van der Waals surface area contributed by atoms with Crippen LogP contribution in [0.4, 0.5) is 0 Å². The quantitative estimate of drug-likeness (QED) is 0.828. The van der Waals surface area contributed by atoms with Crippen LogP contribution < -0.4 is 0 Å². The molecule has 0 atom stereocenters. The zero-order valence-corrected chi connectivity index (χ0v) is 12.9. The molecule has 0 aliphatic carbocycles. The number of amides is 1. The van der Waals surface area contributed by atoms with Crippen molar-refractivity contribution in [3.05, 3.63) is 35.4 Å². The molecule has 1 heterocycles.